The standard InChI is InChI=1S/C8H20N4.CH4O3/c1-2-10-5-6-12-8-7-11-4-3-9-1;2-1(3)4/h9-12H,1-8H2;1-4H. The quantitative estimate of drug-likeness (QED) is 0.220. The van der Waals surface area contributed by atoms with Crippen molar-refractivity contribution in [2.24, 2.45) is 0 Å². The van der Waals surface area contributed by atoms with Crippen molar-refractivity contribution in [1.82, 2.24) is 21.3 Å². The van der Waals surface area contributed by atoms with E-state index in [-0.39, 0.29) is 0 Å². The largest absolute Gasteiger partial charge is 0.346 e. The van der Waals surface area contributed by atoms with Gasteiger partial charge in [-0.3, -0.25) is 0 Å². The van der Waals surface area contributed by atoms with Gasteiger partial charge in [-0.05, 0) is 0 Å². The fourth-order valence-corrected chi connectivity index (χ4v) is 1.21. The molecule has 0 bridgehead atoms. The lowest BCUT2D eigenvalue weighted by Crippen LogP contribution is -2.39. The molecule has 0 unspecified atom stereocenters. The van der Waals surface area contributed by atoms with E-state index < -0.39 is 6.48 Å². The highest BCUT2D eigenvalue weighted by molar-refractivity contribution is 4.59. The van der Waals surface area contributed by atoms with Gasteiger partial charge >= 0.3 is 0 Å². The lowest BCUT2D eigenvalue weighted by molar-refractivity contribution is -0.198. The highest BCUT2D eigenvalue weighted by atomic mass is 16.6. The number of rotatable bonds is 0. The van der Waals surface area contributed by atoms with E-state index in [4.69, 9.17) is 15.3 Å². The molecule has 0 aromatic carbocycles. The molecule has 0 aliphatic carbocycles. The summed E-state index contributed by atoms with van der Waals surface area (Å²) in [4.78, 5) is 0. The molecule has 0 atom stereocenters. The van der Waals surface area contributed by atoms with Crippen molar-refractivity contribution in [1.29, 1.82) is 0 Å². The molecule has 1 saturated heterocycles. The van der Waals surface area contributed by atoms with Gasteiger partial charge < -0.3 is 36.6 Å². The second kappa shape index (κ2) is 12.8. The Morgan fingerprint density at radius 2 is 0.625 bits per heavy atom. The third kappa shape index (κ3) is 16.2. The van der Waals surface area contributed by atoms with Crippen LogP contribution < -0.4 is 21.3 Å². The molecule has 1 fully saturated rings. The Morgan fingerprint density at radius 1 is 0.500 bits per heavy atom. The van der Waals surface area contributed by atoms with E-state index in [0.29, 0.717) is 0 Å². The van der Waals surface area contributed by atoms with Crippen LogP contribution in [0.15, 0.2) is 0 Å². The molecule has 1 aliphatic heterocycles. The minimum atomic E-state index is -2.17. The van der Waals surface area contributed by atoms with Gasteiger partial charge in [0.2, 0.25) is 0 Å². The Labute approximate surface area is 96.2 Å². The maximum atomic E-state index is 7.17. The van der Waals surface area contributed by atoms with Crippen LogP contribution in [-0.4, -0.2) is 74.2 Å². The number of hydrogen-bond acceptors (Lipinski definition) is 7. The van der Waals surface area contributed by atoms with E-state index in [0.717, 1.165) is 52.4 Å². The average molecular weight is 236 g/mol. The monoisotopic (exact) mass is 236 g/mol. The minimum absolute atomic E-state index is 1.07. The molecular formula is C9H24N4O3. The van der Waals surface area contributed by atoms with Crippen molar-refractivity contribution in [3.8, 4) is 0 Å². The molecule has 0 amide bonds. The minimum Gasteiger partial charge on any atom is -0.346 e. The van der Waals surface area contributed by atoms with Gasteiger partial charge in [0.15, 0.2) is 0 Å². The second-order valence-corrected chi connectivity index (χ2v) is 3.35. The summed E-state index contributed by atoms with van der Waals surface area (Å²) in [5.74, 6) is 0. The van der Waals surface area contributed by atoms with Gasteiger partial charge in [-0.2, -0.15) is 0 Å². The molecule has 0 spiro atoms. The fourth-order valence-electron chi connectivity index (χ4n) is 1.21. The van der Waals surface area contributed by atoms with Crippen molar-refractivity contribution in [2.75, 3.05) is 52.4 Å². The van der Waals surface area contributed by atoms with E-state index in [2.05, 4.69) is 21.3 Å². The lowest BCUT2D eigenvalue weighted by Gasteiger charge is -2.11. The Balaban J connectivity index is 0.000000487. The summed E-state index contributed by atoms with van der Waals surface area (Å²) in [6.45, 7) is 6.40. The molecular weight excluding hydrogens is 212 g/mol. The molecule has 0 aromatic rings. The van der Waals surface area contributed by atoms with Crippen molar-refractivity contribution in [2.45, 2.75) is 6.48 Å². The summed E-state index contributed by atoms with van der Waals surface area (Å²) >= 11 is 0. The first-order valence-electron chi connectivity index (χ1n) is 5.60. The van der Waals surface area contributed by atoms with Crippen molar-refractivity contribution in [3.63, 3.8) is 0 Å². The van der Waals surface area contributed by atoms with E-state index in [1.165, 1.54) is 0 Å². The van der Waals surface area contributed by atoms with E-state index in [1.54, 1.807) is 0 Å². The number of hydrogen-bond donors (Lipinski definition) is 7. The summed E-state index contributed by atoms with van der Waals surface area (Å²) < 4.78 is 0. The SMILES string of the molecule is C1CNCCNCCNCCN1.OC(O)O. The normalized spacial score (nSPS) is 20.2. The highest BCUT2D eigenvalue weighted by Gasteiger charge is 1.92. The van der Waals surface area contributed by atoms with Crippen LogP contribution in [0, 0.1) is 0 Å². The van der Waals surface area contributed by atoms with E-state index in [9.17, 15) is 0 Å². The zero-order valence-corrected chi connectivity index (χ0v) is 9.58. The van der Waals surface area contributed by atoms with Crippen LogP contribution in [0.25, 0.3) is 0 Å². The highest BCUT2D eigenvalue weighted by Crippen LogP contribution is 1.65. The van der Waals surface area contributed by atoms with Gasteiger partial charge in [-0.25, -0.2) is 0 Å². The van der Waals surface area contributed by atoms with Crippen LogP contribution in [0.1, 0.15) is 0 Å². The van der Waals surface area contributed by atoms with Crippen molar-refractivity contribution < 1.29 is 15.3 Å². The molecule has 1 heterocycles. The Morgan fingerprint density at radius 3 is 0.750 bits per heavy atom. The molecule has 16 heavy (non-hydrogen) atoms. The zero-order valence-electron chi connectivity index (χ0n) is 9.58. The topological polar surface area (TPSA) is 109 Å². The van der Waals surface area contributed by atoms with Crippen LogP contribution in [0.4, 0.5) is 0 Å². The van der Waals surface area contributed by atoms with E-state index >= 15 is 0 Å². The van der Waals surface area contributed by atoms with Crippen LogP contribution in [-0.2, 0) is 0 Å². The fraction of sp³-hybridized carbons (Fsp3) is 1.00. The maximum Gasteiger partial charge on any atom is 0.263 e. The Hall–Kier alpha value is -0.280. The van der Waals surface area contributed by atoms with Crippen LogP contribution in [0.3, 0.4) is 0 Å². The summed E-state index contributed by atoms with van der Waals surface area (Å²) in [5.41, 5.74) is 0. The molecule has 7 nitrogen and oxygen atoms in total. The number of aliphatic hydroxyl groups is 3. The van der Waals surface area contributed by atoms with Crippen LogP contribution in [0.2, 0.25) is 0 Å². The maximum absolute atomic E-state index is 7.17. The first-order chi connectivity index (χ1) is 7.73. The smallest absolute Gasteiger partial charge is 0.263 e. The summed E-state index contributed by atoms with van der Waals surface area (Å²) in [6.07, 6.45) is 0. The molecule has 0 radical (unpaired) electrons. The van der Waals surface area contributed by atoms with Gasteiger partial charge in [-0.1, -0.05) is 0 Å². The molecule has 7 heteroatoms. The first kappa shape index (κ1) is 15.7. The Bertz CT molecular complexity index is 92.1. The molecule has 0 saturated carbocycles. The number of nitrogens with one attached hydrogen (secondary N) is 4. The molecule has 1 rings (SSSR count). The summed E-state index contributed by atoms with van der Waals surface area (Å²) in [5, 5.41) is 34.9. The van der Waals surface area contributed by atoms with Crippen LogP contribution in [0.5, 0.6) is 0 Å². The third-order valence-electron chi connectivity index (χ3n) is 1.91. The predicted molar refractivity (Wildman–Crippen MR) is 61.9 cm³/mol. The van der Waals surface area contributed by atoms with E-state index in [1.807, 2.05) is 0 Å². The second-order valence-electron chi connectivity index (χ2n) is 3.35. The first-order valence-corrected chi connectivity index (χ1v) is 5.60. The van der Waals surface area contributed by atoms with Gasteiger partial charge in [-0.15, -0.1) is 0 Å². The van der Waals surface area contributed by atoms with Gasteiger partial charge in [0.25, 0.3) is 6.48 Å². The molecule has 7 N–H and O–H groups in total. The number of aliphatic hydroxyl groups excluding tert-OH is 1. The third-order valence-corrected chi connectivity index (χ3v) is 1.91. The molecule has 0 aromatic heterocycles. The van der Waals surface area contributed by atoms with Crippen LogP contribution >= 0.6 is 0 Å². The Kier molecular flexibility index (Phi) is 12.6. The lowest BCUT2D eigenvalue weighted by atomic mass is 10.4. The summed E-state index contributed by atoms with van der Waals surface area (Å²) in [6, 6.07) is 0. The molecule has 98 valence electrons. The molecule has 1 aliphatic rings. The van der Waals surface area contributed by atoms with Crippen molar-refractivity contribution >= 4 is 0 Å². The van der Waals surface area contributed by atoms with Crippen molar-refractivity contribution in [3.05, 3.63) is 0 Å². The van der Waals surface area contributed by atoms with Gasteiger partial charge in [0, 0.05) is 52.4 Å². The predicted octanol–water partition coefficient (Wildman–Crippen LogP) is -3.39. The zero-order chi connectivity index (χ0) is 12.1. The summed E-state index contributed by atoms with van der Waals surface area (Å²) in [7, 11) is 0. The average Bonchev–Trinajstić information content (AvgIpc) is 2.17. The van der Waals surface area contributed by atoms with Gasteiger partial charge in [0.05, 0.1) is 0 Å². The van der Waals surface area contributed by atoms with Gasteiger partial charge in [0.1, 0.15) is 0 Å².